The highest BCUT2D eigenvalue weighted by atomic mass is 35.5. The van der Waals surface area contributed by atoms with Gasteiger partial charge in [0.2, 0.25) is 24.8 Å². The third-order valence-corrected chi connectivity index (χ3v) is 5.89. The summed E-state index contributed by atoms with van der Waals surface area (Å²) in [7, 11) is -6.72. The van der Waals surface area contributed by atoms with Crippen LogP contribution in [0.1, 0.15) is 0 Å². The van der Waals surface area contributed by atoms with Gasteiger partial charge in [0.25, 0.3) is 5.56 Å². The number of hydrogen-bond donors (Lipinski definition) is 0. The van der Waals surface area contributed by atoms with Crippen LogP contribution in [0, 0.1) is 0 Å². The third-order valence-electron chi connectivity index (χ3n) is 2.84. The molecule has 7 nitrogen and oxygen atoms in total. The van der Waals surface area contributed by atoms with Crippen molar-refractivity contribution in [3.05, 3.63) is 45.8 Å². The summed E-state index contributed by atoms with van der Waals surface area (Å²) in [4.78, 5) is 15.0. The Bertz CT molecular complexity index is 993. The highest BCUT2D eigenvalue weighted by molar-refractivity contribution is 7.91. The maximum absolute atomic E-state index is 12.4. The molecule has 1 aromatic carbocycles. The van der Waals surface area contributed by atoms with Gasteiger partial charge in [0.1, 0.15) is 0 Å². The lowest BCUT2D eigenvalue weighted by molar-refractivity contribution is 0.563. The van der Waals surface area contributed by atoms with Crippen LogP contribution in [0.3, 0.4) is 0 Å². The van der Waals surface area contributed by atoms with Crippen molar-refractivity contribution in [2.75, 3.05) is 6.26 Å². The summed E-state index contributed by atoms with van der Waals surface area (Å²) < 4.78 is 48.5. The Morgan fingerprint density at radius 1 is 1.09 bits per heavy atom. The first-order chi connectivity index (χ1) is 10.0. The Kier molecular flexibility index (Phi) is 4.16. The van der Waals surface area contributed by atoms with Gasteiger partial charge in [-0.15, -0.1) is 0 Å². The van der Waals surface area contributed by atoms with Crippen molar-refractivity contribution in [2.24, 2.45) is 7.05 Å². The molecule has 0 unspecified atom stereocenters. The van der Waals surface area contributed by atoms with E-state index < -0.39 is 35.3 Å². The SMILES string of the molecule is Cn1c(S(C)(=O)=O)ncc(S(=O)(=O)c2ccc(Cl)cc2)c1=O. The molecule has 10 heteroatoms. The van der Waals surface area contributed by atoms with Gasteiger partial charge in [0.05, 0.1) is 11.1 Å². The zero-order valence-corrected chi connectivity index (χ0v) is 13.9. The Morgan fingerprint density at radius 2 is 1.64 bits per heavy atom. The zero-order valence-electron chi connectivity index (χ0n) is 11.5. The Morgan fingerprint density at radius 3 is 2.14 bits per heavy atom. The average molecular weight is 363 g/mol. The lowest BCUT2D eigenvalue weighted by Gasteiger charge is -2.08. The minimum atomic E-state index is -4.12. The summed E-state index contributed by atoms with van der Waals surface area (Å²) in [6.07, 6.45) is 1.63. The van der Waals surface area contributed by atoms with Gasteiger partial charge in [0, 0.05) is 18.3 Å². The molecule has 1 heterocycles. The van der Waals surface area contributed by atoms with Crippen molar-refractivity contribution < 1.29 is 16.8 Å². The molecule has 2 rings (SSSR count). The van der Waals surface area contributed by atoms with Crippen LogP contribution in [0.4, 0.5) is 0 Å². The van der Waals surface area contributed by atoms with Crippen LogP contribution in [0.25, 0.3) is 0 Å². The second-order valence-electron chi connectivity index (χ2n) is 4.50. The molecule has 0 bridgehead atoms. The fraction of sp³-hybridized carbons (Fsp3) is 0.167. The highest BCUT2D eigenvalue weighted by Crippen LogP contribution is 2.20. The Balaban J connectivity index is 2.71. The summed E-state index contributed by atoms with van der Waals surface area (Å²) in [5.41, 5.74) is -0.967. The van der Waals surface area contributed by atoms with Crippen LogP contribution in [-0.2, 0) is 26.7 Å². The minimum absolute atomic E-state index is 0.136. The van der Waals surface area contributed by atoms with Crippen molar-refractivity contribution >= 4 is 31.3 Å². The van der Waals surface area contributed by atoms with Gasteiger partial charge >= 0.3 is 0 Å². The van der Waals surface area contributed by atoms with Crippen molar-refractivity contribution in [2.45, 2.75) is 14.9 Å². The monoisotopic (exact) mass is 362 g/mol. The van der Waals surface area contributed by atoms with Gasteiger partial charge in [-0.2, -0.15) is 0 Å². The van der Waals surface area contributed by atoms with Crippen LogP contribution in [0.2, 0.25) is 5.02 Å². The van der Waals surface area contributed by atoms with E-state index in [2.05, 4.69) is 4.98 Å². The second kappa shape index (κ2) is 5.49. The Hall–Kier alpha value is -1.71. The van der Waals surface area contributed by atoms with E-state index in [1.54, 1.807) is 0 Å². The summed E-state index contributed by atoms with van der Waals surface area (Å²) in [5, 5.41) is -0.162. The van der Waals surface area contributed by atoms with E-state index in [9.17, 15) is 21.6 Å². The largest absolute Gasteiger partial charge is 0.285 e. The molecule has 0 aliphatic rings. The van der Waals surface area contributed by atoms with E-state index in [-0.39, 0.29) is 4.90 Å². The lowest BCUT2D eigenvalue weighted by Crippen LogP contribution is -2.29. The van der Waals surface area contributed by atoms with E-state index in [1.807, 2.05) is 0 Å². The maximum Gasteiger partial charge on any atom is 0.273 e. The summed E-state index contributed by atoms with van der Waals surface area (Å²) >= 11 is 5.70. The highest BCUT2D eigenvalue weighted by Gasteiger charge is 2.25. The van der Waals surface area contributed by atoms with Crippen LogP contribution < -0.4 is 5.56 Å². The number of rotatable bonds is 3. The molecule has 0 N–H and O–H groups in total. The average Bonchev–Trinajstić information content (AvgIpc) is 2.40. The lowest BCUT2D eigenvalue weighted by atomic mass is 10.4. The molecule has 0 aliphatic carbocycles. The number of sulfone groups is 2. The van der Waals surface area contributed by atoms with Crippen molar-refractivity contribution in [3.8, 4) is 0 Å². The molecule has 0 saturated carbocycles. The summed E-state index contributed by atoms with van der Waals surface area (Å²) in [6, 6.07) is 5.25. The first-order valence-electron chi connectivity index (χ1n) is 5.82. The van der Waals surface area contributed by atoms with E-state index >= 15 is 0 Å². The number of hydrogen-bond acceptors (Lipinski definition) is 6. The van der Waals surface area contributed by atoms with Gasteiger partial charge in [-0.1, -0.05) is 11.6 Å². The molecular formula is C12H11ClN2O5S2. The first-order valence-corrected chi connectivity index (χ1v) is 9.57. The summed E-state index contributed by atoms with van der Waals surface area (Å²) in [6.45, 7) is 0. The standard InChI is InChI=1S/C12H11ClN2O5S2/c1-15-11(16)10(7-14-12(15)21(2,17)18)22(19,20)9-5-3-8(13)4-6-9/h3-7H,1-2H3. The third kappa shape index (κ3) is 2.92. The molecule has 0 atom stereocenters. The van der Waals surface area contributed by atoms with E-state index in [0.29, 0.717) is 9.59 Å². The zero-order chi connectivity index (χ0) is 16.7. The number of nitrogens with zero attached hydrogens (tertiary/aromatic N) is 2. The van der Waals surface area contributed by atoms with Gasteiger partial charge < -0.3 is 0 Å². The van der Waals surface area contributed by atoms with E-state index in [1.165, 1.54) is 24.3 Å². The quantitative estimate of drug-likeness (QED) is 0.743. The molecule has 2 aromatic rings. The molecule has 0 fully saturated rings. The van der Waals surface area contributed by atoms with Gasteiger partial charge in [-0.25, -0.2) is 21.8 Å². The predicted octanol–water partition coefficient (Wildman–Crippen LogP) is 0.670. The molecule has 1 aromatic heterocycles. The normalized spacial score (nSPS) is 12.3. The molecule has 0 amide bonds. The maximum atomic E-state index is 12.4. The number of aromatic nitrogens is 2. The number of halogens is 1. The smallest absolute Gasteiger partial charge is 0.273 e. The molecular weight excluding hydrogens is 352 g/mol. The predicted molar refractivity (Wildman–Crippen MR) is 79.5 cm³/mol. The first kappa shape index (κ1) is 16.7. The summed E-state index contributed by atoms with van der Waals surface area (Å²) in [5.74, 6) is 0. The van der Waals surface area contributed by atoms with Crippen LogP contribution in [-0.4, -0.2) is 32.6 Å². The van der Waals surface area contributed by atoms with Crippen molar-refractivity contribution in [3.63, 3.8) is 0 Å². The molecule has 0 aliphatic heterocycles. The fourth-order valence-corrected chi connectivity index (χ4v) is 4.03. The second-order valence-corrected chi connectivity index (χ2v) is 8.76. The van der Waals surface area contributed by atoms with Gasteiger partial charge in [-0.3, -0.25) is 9.36 Å². The van der Waals surface area contributed by atoms with Crippen LogP contribution in [0.5, 0.6) is 0 Å². The van der Waals surface area contributed by atoms with Gasteiger partial charge in [-0.05, 0) is 24.3 Å². The van der Waals surface area contributed by atoms with Crippen molar-refractivity contribution in [1.29, 1.82) is 0 Å². The van der Waals surface area contributed by atoms with Crippen LogP contribution in [0.15, 0.2) is 50.2 Å². The molecule has 22 heavy (non-hydrogen) atoms. The topological polar surface area (TPSA) is 103 Å². The van der Waals surface area contributed by atoms with Crippen molar-refractivity contribution in [1.82, 2.24) is 9.55 Å². The van der Waals surface area contributed by atoms with Crippen LogP contribution >= 0.6 is 11.6 Å². The molecule has 0 spiro atoms. The Labute approximate surface area is 132 Å². The fourth-order valence-electron chi connectivity index (χ4n) is 1.78. The van der Waals surface area contributed by atoms with E-state index in [4.69, 9.17) is 11.6 Å². The van der Waals surface area contributed by atoms with Gasteiger partial charge in [0.15, 0.2) is 4.90 Å². The molecule has 0 saturated heterocycles. The molecule has 118 valence electrons. The number of benzene rings is 1. The minimum Gasteiger partial charge on any atom is -0.285 e. The van der Waals surface area contributed by atoms with E-state index in [0.717, 1.165) is 19.5 Å². The molecule has 0 radical (unpaired) electrons.